The summed E-state index contributed by atoms with van der Waals surface area (Å²) in [5.41, 5.74) is 7.83. The molecular formula is C21H23ClFN5O2. The Morgan fingerprint density at radius 3 is 2.83 bits per heavy atom. The molecule has 2 aromatic heterocycles. The van der Waals surface area contributed by atoms with E-state index < -0.39 is 17.7 Å². The van der Waals surface area contributed by atoms with Gasteiger partial charge in [-0.2, -0.15) is 5.10 Å². The fraction of sp³-hybridized carbons (Fsp3) is 0.333. The number of halogens is 2. The average molecular weight is 432 g/mol. The summed E-state index contributed by atoms with van der Waals surface area (Å²) in [5, 5.41) is 18.1. The Balaban J connectivity index is 1.58. The van der Waals surface area contributed by atoms with Crippen LogP contribution < -0.4 is 15.8 Å². The lowest BCUT2D eigenvalue weighted by molar-refractivity contribution is 0.221. The van der Waals surface area contributed by atoms with Gasteiger partial charge < -0.3 is 20.9 Å². The first-order chi connectivity index (χ1) is 14.4. The quantitative estimate of drug-likeness (QED) is 0.562. The normalized spacial score (nSPS) is 15.8. The fourth-order valence-electron chi connectivity index (χ4n) is 3.66. The maximum Gasteiger partial charge on any atom is 0.166 e. The summed E-state index contributed by atoms with van der Waals surface area (Å²) in [4.78, 5) is 4.22. The van der Waals surface area contributed by atoms with Gasteiger partial charge in [-0.25, -0.2) is 9.37 Å². The highest BCUT2D eigenvalue weighted by Gasteiger charge is 2.21. The number of phenolic OH excluding ortho intramolecular Hbond substituents is 1. The van der Waals surface area contributed by atoms with Gasteiger partial charge >= 0.3 is 0 Å². The lowest BCUT2D eigenvalue weighted by atomic mass is 10.1. The number of nitrogens with one attached hydrogen (secondary N) is 1. The van der Waals surface area contributed by atoms with Crippen LogP contribution in [0, 0.1) is 5.82 Å². The first-order valence-corrected chi connectivity index (χ1v) is 10.2. The largest absolute Gasteiger partial charge is 0.504 e. The van der Waals surface area contributed by atoms with E-state index >= 15 is 0 Å². The van der Waals surface area contributed by atoms with Gasteiger partial charge in [-0.3, -0.25) is 4.68 Å². The van der Waals surface area contributed by atoms with E-state index in [1.165, 1.54) is 6.07 Å². The number of nitrogens with two attached hydrogens (primary N) is 1. The minimum absolute atomic E-state index is 0.153. The van der Waals surface area contributed by atoms with Crippen LogP contribution in [-0.4, -0.2) is 33.0 Å². The summed E-state index contributed by atoms with van der Waals surface area (Å²) in [5.74, 6) is -0.811. The van der Waals surface area contributed by atoms with Crippen molar-refractivity contribution in [1.29, 1.82) is 0 Å². The van der Waals surface area contributed by atoms with Crippen LogP contribution in [0.25, 0.3) is 11.1 Å². The smallest absolute Gasteiger partial charge is 0.166 e. The van der Waals surface area contributed by atoms with Crippen LogP contribution in [0.2, 0.25) is 5.02 Å². The molecule has 4 N–H and O–H groups in total. The Bertz CT molecular complexity index is 1050. The van der Waals surface area contributed by atoms with Crippen molar-refractivity contribution in [1.82, 2.24) is 20.1 Å². The predicted octanol–water partition coefficient (Wildman–Crippen LogP) is 4.09. The Hall–Kier alpha value is -2.84. The molecule has 4 rings (SSSR count). The van der Waals surface area contributed by atoms with Gasteiger partial charge in [0.2, 0.25) is 0 Å². The summed E-state index contributed by atoms with van der Waals surface area (Å²) >= 11 is 6.14. The van der Waals surface area contributed by atoms with Crippen LogP contribution in [0.15, 0.2) is 36.8 Å². The second-order valence-electron chi connectivity index (χ2n) is 7.35. The zero-order chi connectivity index (χ0) is 21.3. The number of benzene rings is 1. The number of anilines is 1. The number of hydrogen-bond acceptors (Lipinski definition) is 6. The summed E-state index contributed by atoms with van der Waals surface area (Å²) < 4.78 is 21.6. The number of rotatable bonds is 5. The average Bonchev–Trinajstić information content (AvgIpc) is 3.24. The Morgan fingerprint density at radius 2 is 2.07 bits per heavy atom. The van der Waals surface area contributed by atoms with Crippen molar-refractivity contribution in [3.05, 3.63) is 53.2 Å². The van der Waals surface area contributed by atoms with Crippen molar-refractivity contribution in [2.45, 2.75) is 31.9 Å². The number of nitrogen functional groups attached to an aromatic ring is 1. The van der Waals surface area contributed by atoms with Crippen LogP contribution in [0.4, 0.5) is 10.2 Å². The molecule has 9 heteroatoms. The van der Waals surface area contributed by atoms with E-state index in [2.05, 4.69) is 15.4 Å². The van der Waals surface area contributed by atoms with E-state index in [0.29, 0.717) is 11.8 Å². The van der Waals surface area contributed by atoms with E-state index in [4.69, 9.17) is 22.1 Å². The van der Waals surface area contributed by atoms with Crippen molar-refractivity contribution in [2.24, 2.45) is 0 Å². The molecule has 0 saturated carbocycles. The van der Waals surface area contributed by atoms with Crippen molar-refractivity contribution in [3.63, 3.8) is 0 Å². The summed E-state index contributed by atoms with van der Waals surface area (Å²) in [7, 11) is 0. The molecule has 1 atom stereocenters. The standard InChI is InChI=1S/C21H23ClFN5O2/c1-12(19-16(22)2-3-17(23)20(19)29)30-18-8-13(9-26-21(18)24)14-10-27-28(11-14)15-4-6-25-7-5-15/h2-3,8-12,15,25,29H,4-7H2,1H3,(H2,24,26). The molecule has 0 amide bonds. The van der Waals surface area contributed by atoms with E-state index in [9.17, 15) is 9.50 Å². The van der Waals surface area contributed by atoms with Crippen LogP contribution in [0.5, 0.6) is 11.5 Å². The van der Waals surface area contributed by atoms with Crippen molar-refractivity contribution >= 4 is 17.4 Å². The zero-order valence-electron chi connectivity index (χ0n) is 16.5. The molecule has 1 aliphatic heterocycles. The second kappa shape index (κ2) is 8.49. The lowest BCUT2D eigenvalue weighted by Crippen LogP contribution is -2.29. The third-order valence-electron chi connectivity index (χ3n) is 5.32. The Morgan fingerprint density at radius 1 is 1.30 bits per heavy atom. The molecule has 0 radical (unpaired) electrons. The van der Waals surface area contributed by atoms with Gasteiger partial charge in [-0.15, -0.1) is 0 Å². The van der Waals surface area contributed by atoms with E-state index in [0.717, 1.165) is 43.1 Å². The molecule has 1 fully saturated rings. The van der Waals surface area contributed by atoms with E-state index in [1.807, 2.05) is 10.9 Å². The van der Waals surface area contributed by atoms with Crippen molar-refractivity contribution in [2.75, 3.05) is 18.8 Å². The summed E-state index contributed by atoms with van der Waals surface area (Å²) in [6.07, 6.45) is 6.76. The monoisotopic (exact) mass is 431 g/mol. The highest BCUT2D eigenvalue weighted by molar-refractivity contribution is 6.31. The van der Waals surface area contributed by atoms with Gasteiger partial charge in [-0.05, 0) is 51.1 Å². The Kier molecular flexibility index (Phi) is 5.78. The zero-order valence-corrected chi connectivity index (χ0v) is 17.2. The summed E-state index contributed by atoms with van der Waals surface area (Å²) in [6.45, 7) is 3.62. The SMILES string of the molecule is CC(Oc1cc(-c2cnn(C3CCNCC3)c2)cnc1N)c1c(Cl)ccc(F)c1O. The number of piperidine rings is 1. The highest BCUT2D eigenvalue weighted by atomic mass is 35.5. The number of hydrogen-bond donors (Lipinski definition) is 3. The fourth-order valence-corrected chi connectivity index (χ4v) is 3.96. The van der Waals surface area contributed by atoms with Gasteiger partial charge in [0.1, 0.15) is 6.10 Å². The van der Waals surface area contributed by atoms with E-state index in [1.54, 1.807) is 25.4 Å². The number of aromatic nitrogens is 3. The molecule has 0 bridgehead atoms. The van der Waals surface area contributed by atoms with Crippen LogP contribution in [-0.2, 0) is 0 Å². The molecule has 30 heavy (non-hydrogen) atoms. The number of aromatic hydroxyl groups is 1. The molecular weight excluding hydrogens is 409 g/mol. The van der Waals surface area contributed by atoms with Gasteiger partial charge in [-0.1, -0.05) is 11.6 Å². The molecule has 7 nitrogen and oxygen atoms in total. The molecule has 158 valence electrons. The number of ether oxygens (including phenoxy) is 1. The van der Waals surface area contributed by atoms with Gasteiger partial charge in [0.05, 0.1) is 22.8 Å². The highest BCUT2D eigenvalue weighted by Crippen LogP contribution is 2.37. The first kappa shape index (κ1) is 20.4. The van der Waals surface area contributed by atoms with Crippen LogP contribution in [0.3, 0.4) is 0 Å². The molecule has 3 heterocycles. The topological polar surface area (TPSA) is 98.2 Å². The number of nitrogens with zero attached hydrogens (tertiary/aromatic N) is 3. The predicted molar refractivity (Wildman–Crippen MR) is 113 cm³/mol. The minimum Gasteiger partial charge on any atom is -0.504 e. The minimum atomic E-state index is -0.768. The third-order valence-corrected chi connectivity index (χ3v) is 5.65. The van der Waals surface area contributed by atoms with Gasteiger partial charge in [0.15, 0.2) is 23.1 Å². The molecule has 1 unspecified atom stereocenters. The van der Waals surface area contributed by atoms with Crippen LogP contribution in [0.1, 0.15) is 37.5 Å². The third kappa shape index (κ3) is 4.06. The van der Waals surface area contributed by atoms with E-state index in [-0.39, 0.29) is 16.4 Å². The second-order valence-corrected chi connectivity index (χ2v) is 7.76. The van der Waals surface area contributed by atoms with Crippen molar-refractivity contribution in [3.8, 4) is 22.6 Å². The molecule has 1 aliphatic rings. The molecule has 3 aromatic rings. The van der Waals surface area contributed by atoms with Gasteiger partial charge in [0, 0.05) is 23.5 Å². The molecule has 0 aliphatic carbocycles. The number of pyridine rings is 1. The van der Waals surface area contributed by atoms with Gasteiger partial charge in [0.25, 0.3) is 0 Å². The number of phenols is 1. The maximum atomic E-state index is 13.8. The molecule has 0 spiro atoms. The molecule has 1 saturated heterocycles. The van der Waals surface area contributed by atoms with Crippen molar-refractivity contribution < 1.29 is 14.2 Å². The lowest BCUT2D eigenvalue weighted by Gasteiger charge is -2.22. The molecule has 1 aromatic carbocycles. The first-order valence-electron chi connectivity index (χ1n) is 9.78. The van der Waals surface area contributed by atoms with Crippen LogP contribution >= 0.6 is 11.6 Å². The maximum absolute atomic E-state index is 13.8. The summed E-state index contributed by atoms with van der Waals surface area (Å²) in [6, 6.07) is 4.60. The Labute approximate surface area is 178 Å².